The van der Waals surface area contributed by atoms with Gasteiger partial charge in [0.25, 0.3) is 5.91 Å². The third kappa shape index (κ3) is 4.82. The highest BCUT2D eigenvalue weighted by molar-refractivity contribution is 7.99. The molecule has 1 aliphatic rings. The van der Waals surface area contributed by atoms with E-state index < -0.39 is 5.72 Å². The lowest BCUT2D eigenvalue weighted by Gasteiger charge is -2.33. The number of benzene rings is 3. The van der Waals surface area contributed by atoms with E-state index in [1.807, 2.05) is 78.5 Å². The van der Waals surface area contributed by atoms with E-state index in [-0.39, 0.29) is 5.91 Å². The minimum atomic E-state index is -1.34. The third-order valence-electron chi connectivity index (χ3n) is 5.87. The summed E-state index contributed by atoms with van der Waals surface area (Å²) in [5.74, 6) is 0.954. The minimum Gasteiger partial charge on any atom is -0.367 e. The van der Waals surface area contributed by atoms with Gasteiger partial charge in [0.15, 0.2) is 5.72 Å². The molecule has 1 heterocycles. The van der Waals surface area contributed by atoms with Crippen LogP contribution in [0.15, 0.2) is 95.9 Å². The first-order valence-electron chi connectivity index (χ1n) is 11.2. The summed E-state index contributed by atoms with van der Waals surface area (Å²) in [5.41, 5.74) is 1.67. The van der Waals surface area contributed by atoms with Gasteiger partial charge in [-0.15, -0.1) is 11.8 Å². The van der Waals surface area contributed by atoms with Crippen LogP contribution in [0, 0.1) is 0 Å². The lowest BCUT2D eigenvalue weighted by molar-refractivity contribution is -0.137. The van der Waals surface area contributed by atoms with Gasteiger partial charge in [0.2, 0.25) is 0 Å². The molecule has 1 aliphatic heterocycles. The normalized spacial score (nSPS) is 18.4. The molecule has 1 unspecified atom stereocenters. The molecule has 0 saturated heterocycles. The molecule has 0 radical (unpaired) electrons. The number of nitrogens with zero attached hydrogens (tertiary/aromatic N) is 1. The molecule has 32 heavy (non-hydrogen) atoms. The Hall–Kier alpha value is -2.82. The first-order chi connectivity index (χ1) is 15.6. The van der Waals surface area contributed by atoms with Crippen molar-refractivity contribution in [2.24, 2.45) is 0 Å². The number of carbonyl (C=O) groups excluding carboxylic acids is 1. The second kappa shape index (κ2) is 10.2. The van der Waals surface area contributed by atoms with Crippen LogP contribution in [0.5, 0.6) is 0 Å². The van der Waals surface area contributed by atoms with Crippen LogP contribution in [0.25, 0.3) is 11.1 Å². The van der Waals surface area contributed by atoms with E-state index in [0.717, 1.165) is 36.1 Å². The molecule has 0 fully saturated rings. The highest BCUT2D eigenvalue weighted by atomic mass is 32.2. The van der Waals surface area contributed by atoms with Gasteiger partial charge in [-0.05, 0) is 48.8 Å². The number of aliphatic hydroxyl groups is 1. The average Bonchev–Trinajstić information content (AvgIpc) is 3.03. The van der Waals surface area contributed by atoms with Gasteiger partial charge in [-0.3, -0.25) is 4.79 Å². The van der Waals surface area contributed by atoms with E-state index in [4.69, 9.17) is 0 Å². The lowest BCUT2D eigenvalue weighted by atomic mass is 9.91. The highest BCUT2D eigenvalue weighted by Gasteiger charge is 2.47. The van der Waals surface area contributed by atoms with E-state index in [1.165, 1.54) is 4.90 Å². The van der Waals surface area contributed by atoms with Gasteiger partial charge in [-0.2, -0.15) is 0 Å². The van der Waals surface area contributed by atoms with E-state index in [9.17, 15) is 9.90 Å². The van der Waals surface area contributed by atoms with Gasteiger partial charge in [-0.1, -0.05) is 85.3 Å². The molecule has 3 aromatic carbocycles. The third-order valence-corrected chi connectivity index (χ3v) is 6.97. The van der Waals surface area contributed by atoms with Crippen molar-refractivity contribution in [1.82, 2.24) is 4.90 Å². The molecule has 0 spiro atoms. The zero-order valence-corrected chi connectivity index (χ0v) is 19.2. The molecular formula is C28H29NO2S. The van der Waals surface area contributed by atoms with Gasteiger partial charge < -0.3 is 10.0 Å². The Morgan fingerprint density at radius 3 is 1.97 bits per heavy atom. The summed E-state index contributed by atoms with van der Waals surface area (Å²) in [6, 6.07) is 29.9. The van der Waals surface area contributed by atoms with Crippen LogP contribution >= 0.6 is 11.8 Å². The predicted octanol–water partition coefficient (Wildman–Crippen LogP) is 6.11. The number of hydrogen-bond donors (Lipinski definition) is 1. The van der Waals surface area contributed by atoms with Crippen molar-refractivity contribution in [3.8, 4) is 0 Å². The molecule has 0 aliphatic carbocycles. The molecule has 3 aromatic rings. The standard InChI is InChI=1S/C28H29NO2S/c1-28(31)26(23-16-8-3-9-17-23)25(22-14-6-2-7-15-22)27(30)29(28)20-12-5-13-21-32-24-18-10-4-11-19-24/h2-4,6-11,14-19,31H,5,12-13,20-21H2,1H3. The quantitative estimate of drug-likeness (QED) is 0.320. The van der Waals surface area contributed by atoms with E-state index in [0.29, 0.717) is 17.7 Å². The maximum absolute atomic E-state index is 13.5. The van der Waals surface area contributed by atoms with Crippen LogP contribution in [-0.4, -0.2) is 33.9 Å². The molecule has 3 nitrogen and oxygen atoms in total. The summed E-state index contributed by atoms with van der Waals surface area (Å²) in [4.78, 5) is 16.4. The van der Waals surface area contributed by atoms with Crippen molar-refractivity contribution in [2.45, 2.75) is 36.8 Å². The monoisotopic (exact) mass is 443 g/mol. The Morgan fingerprint density at radius 2 is 1.34 bits per heavy atom. The summed E-state index contributed by atoms with van der Waals surface area (Å²) in [7, 11) is 0. The number of rotatable bonds is 9. The molecule has 1 amide bonds. The van der Waals surface area contributed by atoms with Crippen molar-refractivity contribution in [1.29, 1.82) is 0 Å². The molecule has 1 atom stereocenters. The van der Waals surface area contributed by atoms with Crippen LogP contribution in [0.1, 0.15) is 37.3 Å². The number of unbranched alkanes of at least 4 members (excludes halogenated alkanes) is 2. The fourth-order valence-corrected chi connectivity index (χ4v) is 5.22. The summed E-state index contributed by atoms with van der Waals surface area (Å²) >= 11 is 1.86. The lowest BCUT2D eigenvalue weighted by Crippen LogP contribution is -2.46. The van der Waals surface area contributed by atoms with Crippen molar-refractivity contribution in [3.63, 3.8) is 0 Å². The van der Waals surface area contributed by atoms with Gasteiger partial charge >= 0.3 is 0 Å². The minimum absolute atomic E-state index is 0.0984. The van der Waals surface area contributed by atoms with Gasteiger partial charge in [0.05, 0.1) is 5.57 Å². The number of thioether (sulfide) groups is 1. The summed E-state index contributed by atoms with van der Waals surface area (Å²) in [6.07, 6.45) is 2.96. The molecule has 164 valence electrons. The maximum atomic E-state index is 13.5. The van der Waals surface area contributed by atoms with E-state index >= 15 is 0 Å². The Bertz CT molecular complexity index is 1060. The zero-order chi connectivity index (χ0) is 22.4. The Labute approximate surface area is 194 Å². The van der Waals surface area contributed by atoms with Crippen molar-refractivity contribution < 1.29 is 9.90 Å². The Morgan fingerprint density at radius 1 is 0.781 bits per heavy atom. The van der Waals surface area contributed by atoms with Gasteiger partial charge in [-0.25, -0.2) is 0 Å². The summed E-state index contributed by atoms with van der Waals surface area (Å²) in [5, 5.41) is 11.6. The van der Waals surface area contributed by atoms with Crippen molar-refractivity contribution in [2.75, 3.05) is 12.3 Å². The fraction of sp³-hybridized carbons (Fsp3) is 0.250. The smallest absolute Gasteiger partial charge is 0.257 e. The Balaban J connectivity index is 1.46. The number of carbonyl (C=O) groups is 1. The topological polar surface area (TPSA) is 40.5 Å². The first-order valence-corrected chi connectivity index (χ1v) is 12.2. The SMILES string of the molecule is CC1(O)C(c2ccccc2)=C(c2ccccc2)C(=O)N1CCCCCSc1ccccc1. The average molecular weight is 444 g/mol. The molecule has 0 saturated carbocycles. The van der Waals surface area contributed by atoms with E-state index in [2.05, 4.69) is 24.3 Å². The van der Waals surface area contributed by atoms with Crippen molar-refractivity contribution in [3.05, 3.63) is 102 Å². The summed E-state index contributed by atoms with van der Waals surface area (Å²) < 4.78 is 0. The zero-order valence-electron chi connectivity index (χ0n) is 18.4. The summed E-state index contributed by atoms with van der Waals surface area (Å²) in [6.45, 7) is 2.28. The van der Waals surface area contributed by atoms with Crippen LogP contribution in [0.2, 0.25) is 0 Å². The van der Waals surface area contributed by atoms with Crippen LogP contribution in [0.4, 0.5) is 0 Å². The predicted molar refractivity (Wildman–Crippen MR) is 133 cm³/mol. The molecule has 4 heteroatoms. The first kappa shape index (κ1) is 22.4. The molecule has 1 N–H and O–H groups in total. The second-order valence-electron chi connectivity index (χ2n) is 8.18. The molecule has 0 bridgehead atoms. The highest BCUT2D eigenvalue weighted by Crippen LogP contribution is 2.44. The maximum Gasteiger partial charge on any atom is 0.257 e. The van der Waals surface area contributed by atoms with E-state index in [1.54, 1.807) is 11.8 Å². The molecule has 0 aromatic heterocycles. The van der Waals surface area contributed by atoms with Gasteiger partial charge in [0.1, 0.15) is 0 Å². The van der Waals surface area contributed by atoms with Crippen LogP contribution in [-0.2, 0) is 4.79 Å². The number of hydrogen-bond acceptors (Lipinski definition) is 3. The Kier molecular flexibility index (Phi) is 7.13. The number of amides is 1. The van der Waals surface area contributed by atoms with Crippen molar-refractivity contribution >= 4 is 28.8 Å². The molecule has 4 rings (SSSR count). The fourth-order valence-electron chi connectivity index (χ4n) is 4.28. The van der Waals surface area contributed by atoms with Crippen LogP contribution < -0.4 is 0 Å². The second-order valence-corrected chi connectivity index (χ2v) is 9.35. The van der Waals surface area contributed by atoms with Gasteiger partial charge in [0, 0.05) is 17.0 Å². The van der Waals surface area contributed by atoms with Crippen LogP contribution in [0.3, 0.4) is 0 Å². The molecular weight excluding hydrogens is 414 g/mol. The largest absolute Gasteiger partial charge is 0.367 e.